The normalized spacial score (nSPS) is 22.5. The van der Waals surface area contributed by atoms with Crippen LogP contribution in [-0.4, -0.2) is 43.3 Å². The van der Waals surface area contributed by atoms with Crippen molar-refractivity contribution in [2.45, 2.75) is 46.1 Å². The lowest BCUT2D eigenvalue weighted by molar-refractivity contribution is -0.141. The van der Waals surface area contributed by atoms with Gasteiger partial charge in [0.05, 0.1) is 15.1 Å². The highest BCUT2D eigenvalue weighted by Crippen LogP contribution is 2.36. The monoisotopic (exact) mass is 494 g/mol. The number of rotatable bonds is 9. The second-order valence-electron chi connectivity index (χ2n) is 8.07. The number of aromatic amines is 1. The molecule has 0 radical (unpaired) electrons. The van der Waals surface area contributed by atoms with Crippen LogP contribution in [0, 0.1) is 17.8 Å². The first-order valence-electron chi connectivity index (χ1n) is 9.49. The summed E-state index contributed by atoms with van der Waals surface area (Å²) >= 11 is 19.2. The molecule has 3 N–H and O–H groups in total. The summed E-state index contributed by atoms with van der Waals surface area (Å²) < 4.78 is 0. The first-order chi connectivity index (χ1) is 13.9. The third kappa shape index (κ3) is 5.75. The number of halogens is 3. The number of allylic oxidation sites excluding steroid dienone is 1. The molecule has 0 bridgehead atoms. The van der Waals surface area contributed by atoms with Gasteiger partial charge in [-0.3, -0.25) is 9.79 Å². The summed E-state index contributed by atoms with van der Waals surface area (Å²) in [5.74, 6) is -1.05. The average molecular weight is 496 g/mol. The number of nitrogens with one attached hydrogen (secondary N) is 1. The number of carboxylic acids is 1. The molecular weight excluding hydrogens is 471 g/mol. The first-order valence-corrected chi connectivity index (χ1v) is 11.6. The smallest absolute Gasteiger partial charge is 0.332 e. The van der Waals surface area contributed by atoms with Gasteiger partial charge in [-0.05, 0) is 25.7 Å². The highest BCUT2D eigenvalue weighted by atomic mass is 35.5. The molecule has 0 saturated carbocycles. The molecule has 1 aromatic rings. The van der Waals surface area contributed by atoms with Gasteiger partial charge in [0.25, 0.3) is 0 Å². The zero-order valence-corrected chi connectivity index (χ0v) is 20.2. The molecule has 166 valence electrons. The van der Waals surface area contributed by atoms with Gasteiger partial charge in [-0.25, -0.2) is 4.79 Å². The molecule has 6 nitrogen and oxygen atoms in total. The van der Waals surface area contributed by atoms with Crippen LogP contribution in [0.3, 0.4) is 0 Å². The van der Waals surface area contributed by atoms with E-state index >= 15 is 0 Å². The quantitative estimate of drug-likeness (QED) is 0.283. The molecular formula is C20H25Cl3N2O4S. The van der Waals surface area contributed by atoms with Crippen LogP contribution in [0.15, 0.2) is 11.1 Å². The van der Waals surface area contributed by atoms with Crippen LogP contribution >= 0.6 is 46.6 Å². The standard InChI is InChI=1S/C20H25Cl3N2O4S/c1-9(6-11(3)18-25-20(4,8-30-18)19(28)29)5-10(2)12(26)7-13(27)16-14(21)15(22)17(23)24-16/h7,9-11,24,27H,5-6,8H2,1-4H3,(H,28,29). The number of carbonyl (C=O) groups excluding carboxylic acids is 1. The number of thioether (sulfide) groups is 1. The Labute approximate surface area is 195 Å². The lowest BCUT2D eigenvalue weighted by atomic mass is 9.87. The maximum Gasteiger partial charge on any atom is 0.332 e. The largest absolute Gasteiger partial charge is 0.506 e. The number of carbonyl (C=O) groups is 2. The van der Waals surface area contributed by atoms with Crippen molar-refractivity contribution >= 4 is 69.1 Å². The zero-order chi connectivity index (χ0) is 22.8. The van der Waals surface area contributed by atoms with Gasteiger partial charge in [0, 0.05) is 23.7 Å². The van der Waals surface area contributed by atoms with Crippen LogP contribution in [-0.2, 0) is 9.59 Å². The Hall–Kier alpha value is -1.15. The van der Waals surface area contributed by atoms with E-state index in [0.717, 1.165) is 17.5 Å². The number of nitrogens with zero attached hydrogens (tertiary/aromatic N) is 1. The Morgan fingerprint density at radius 2 is 1.83 bits per heavy atom. The van der Waals surface area contributed by atoms with E-state index in [4.69, 9.17) is 34.8 Å². The van der Waals surface area contributed by atoms with Crippen molar-refractivity contribution in [3.05, 3.63) is 27.0 Å². The number of aromatic nitrogens is 1. The van der Waals surface area contributed by atoms with Crippen LogP contribution in [0.25, 0.3) is 5.76 Å². The van der Waals surface area contributed by atoms with Crippen LogP contribution in [0.1, 0.15) is 46.2 Å². The summed E-state index contributed by atoms with van der Waals surface area (Å²) in [7, 11) is 0. The Morgan fingerprint density at radius 1 is 1.20 bits per heavy atom. The van der Waals surface area contributed by atoms with Crippen LogP contribution in [0.4, 0.5) is 0 Å². The number of carboxylic acid groups (broad SMARTS) is 1. The third-order valence-electron chi connectivity index (χ3n) is 5.11. The summed E-state index contributed by atoms with van der Waals surface area (Å²) in [4.78, 5) is 30.9. The molecule has 0 aromatic carbocycles. The van der Waals surface area contributed by atoms with Gasteiger partial charge in [-0.2, -0.15) is 0 Å². The lowest BCUT2D eigenvalue weighted by Gasteiger charge is -2.19. The summed E-state index contributed by atoms with van der Waals surface area (Å²) in [5, 5.41) is 20.6. The molecule has 0 amide bonds. The highest BCUT2D eigenvalue weighted by molar-refractivity contribution is 8.14. The van der Waals surface area contributed by atoms with E-state index in [1.54, 1.807) is 13.8 Å². The van der Waals surface area contributed by atoms with Crippen molar-refractivity contribution in [1.29, 1.82) is 0 Å². The fraction of sp³-hybridized carbons (Fsp3) is 0.550. The van der Waals surface area contributed by atoms with Gasteiger partial charge in [0.1, 0.15) is 16.6 Å². The van der Waals surface area contributed by atoms with Crippen LogP contribution in [0.2, 0.25) is 15.2 Å². The Balaban J connectivity index is 1.96. The van der Waals surface area contributed by atoms with Crippen molar-refractivity contribution in [2.75, 3.05) is 5.75 Å². The molecule has 1 aliphatic rings. The predicted molar refractivity (Wildman–Crippen MR) is 124 cm³/mol. The topological polar surface area (TPSA) is 103 Å². The number of aliphatic hydroxyl groups is 1. The van der Waals surface area contributed by atoms with E-state index < -0.39 is 11.5 Å². The van der Waals surface area contributed by atoms with Gasteiger partial charge < -0.3 is 15.2 Å². The Bertz CT molecular complexity index is 899. The molecule has 0 aliphatic carbocycles. The molecule has 4 atom stereocenters. The van der Waals surface area contributed by atoms with Crippen molar-refractivity contribution in [1.82, 2.24) is 4.98 Å². The Kier molecular flexibility index (Phi) is 8.36. The summed E-state index contributed by atoms with van der Waals surface area (Å²) in [6.45, 7) is 7.49. The zero-order valence-electron chi connectivity index (χ0n) is 17.1. The maximum absolute atomic E-state index is 12.5. The molecule has 2 heterocycles. The molecule has 0 fully saturated rings. The molecule has 2 rings (SSSR count). The van der Waals surface area contributed by atoms with Crippen molar-refractivity contribution in [3.8, 4) is 0 Å². The molecule has 10 heteroatoms. The second-order valence-corrected chi connectivity index (χ2v) is 10.2. The molecule has 1 aromatic heterocycles. The number of aliphatic imine (C=N–C) groups is 1. The number of hydrogen-bond acceptors (Lipinski definition) is 5. The fourth-order valence-corrected chi connectivity index (χ4v) is 5.24. The van der Waals surface area contributed by atoms with E-state index in [1.807, 2.05) is 13.8 Å². The maximum atomic E-state index is 12.5. The van der Waals surface area contributed by atoms with E-state index in [9.17, 15) is 19.8 Å². The minimum absolute atomic E-state index is 0.0567. The molecule has 4 unspecified atom stereocenters. The van der Waals surface area contributed by atoms with Crippen molar-refractivity contribution in [3.63, 3.8) is 0 Å². The molecule has 0 spiro atoms. The summed E-state index contributed by atoms with van der Waals surface area (Å²) in [6, 6.07) is 0. The van der Waals surface area contributed by atoms with Gasteiger partial charge >= 0.3 is 5.97 Å². The van der Waals surface area contributed by atoms with Crippen molar-refractivity contribution < 1.29 is 19.8 Å². The van der Waals surface area contributed by atoms with E-state index in [2.05, 4.69) is 9.98 Å². The summed E-state index contributed by atoms with van der Waals surface area (Å²) in [6.07, 6.45) is 2.52. The highest BCUT2D eigenvalue weighted by Gasteiger charge is 2.39. The van der Waals surface area contributed by atoms with Gasteiger partial charge in [0.15, 0.2) is 11.3 Å². The predicted octanol–water partition coefficient (Wildman–Crippen LogP) is 6.12. The average Bonchev–Trinajstić information content (AvgIpc) is 3.18. The van der Waals surface area contributed by atoms with E-state index in [1.165, 1.54) is 11.8 Å². The van der Waals surface area contributed by atoms with Crippen LogP contribution < -0.4 is 0 Å². The molecule has 1 aliphatic heterocycles. The molecule has 30 heavy (non-hydrogen) atoms. The first kappa shape index (κ1) is 25.1. The SMILES string of the molecule is CC(CC(C)C(=O)C=C(O)c1[nH]c(Cl)c(Cl)c1Cl)CC(C)C1=NC(C)(C(=O)O)CS1. The number of aliphatic carboxylic acids is 1. The van der Waals surface area contributed by atoms with Gasteiger partial charge in [0.2, 0.25) is 0 Å². The third-order valence-corrected chi connectivity index (χ3v) is 7.84. The van der Waals surface area contributed by atoms with E-state index in [-0.39, 0.29) is 50.2 Å². The number of ketones is 1. The van der Waals surface area contributed by atoms with Gasteiger partial charge in [-0.15, -0.1) is 11.8 Å². The number of hydrogen-bond donors (Lipinski definition) is 3. The Morgan fingerprint density at radius 3 is 2.33 bits per heavy atom. The fourth-order valence-electron chi connectivity index (χ4n) is 3.36. The van der Waals surface area contributed by atoms with E-state index in [0.29, 0.717) is 12.2 Å². The lowest BCUT2D eigenvalue weighted by Crippen LogP contribution is -2.33. The molecule has 0 saturated heterocycles. The summed E-state index contributed by atoms with van der Waals surface area (Å²) in [5.41, 5.74) is -0.958. The minimum atomic E-state index is -1.06. The number of aliphatic hydroxyl groups excluding tert-OH is 1. The van der Waals surface area contributed by atoms with Crippen molar-refractivity contribution in [2.24, 2.45) is 22.7 Å². The number of H-pyrrole nitrogens is 1. The van der Waals surface area contributed by atoms with Crippen LogP contribution in [0.5, 0.6) is 0 Å². The van der Waals surface area contributed by atoms with Gasteiger partial charge in [-0.1, -0.05) is 55.6 Å². The minimum Gasteiger partial charge on any atom is -0.506 e. The second kappa shape index (κ2) is 9.98.